The predicted octanol–water partition coefficient (Wildman–Crippen LogP) is 2.34. The van der Waals surface area contributed by atoms with Crippen molar-refractivity contribution in [2.45, 2.75) is 0 Å². The Morgan fingerprint density at radius 3 is 2.92 bits per heavy atom. The van der Waals surface area contributed by atoms with Crippen LogP contribution in [0.3, 0.4) is 0 Å². The van der Waals surface area contributed by atoms with Crippen LogP contribution in [0.15, 0.2) is 18.2 Å². The summed E-state index contributed by atoms with van der Waals surface area (Å²) in [6.07, 6.45) is 0. The fraction of sp³-hybridized carbons (Fsp3) is 0.125. The van der Waals surface area contributed by atoms with Gasteiger partial charge in [-0.2, -0.15) is 0 Å². The maximum atomic E-state index is 10.6. The van der Waals surface area contributed by atoms with Crippen LogP contribution in [0.25, 0.3) is 0 Å². The van der Waals surface area contributed by atoms with Crippen LogP contribution in [-0.2, 0) is 0 Å². The molecule has 1 amide bonds. The summed E-state index contributed by atoms with van der Waals surface area (Å²) in [5.74, 6) is 1.35. The maximum Gasteiger partial charge on any atom is 0.291 e. The quantitative estimate of drug-likeness (QED) is 0.609. The van der Waals surface area contributed by atoms with E-state index < -0.39 is 0 Å². The van der Waals surface area contributed by atoms with Crippen LogP contribution in [0.4, 0.5) is 10.5 Å². The summed E-state index contributed by atoms with van der Waals surface area (Å²) in [4.78, 5) is 10.4. The van der Waals surface area contributed by atoms with E-state index in [0.29, 0.717) is 17.2 Å². The number of halogens is 1. The Hall–Kier alpha value is -1.23. The number of benzene rings is 1. The van der Waals surface area contributed by atoms with Crippen LogP contribution in [0.1, 0.15) is 0 Å². The molecular weight excluding hydrogens is 238 g/mol. The molecule has 0 radical (unpaired) electrons. The maximum absolute atomic E-state index is 10.6. The van der Waals surface area contributed by atoms with E-state index in [0.717, 1.165) is 0 Å². The van der Waals surface area contributed by atoms with Crippen molar-refractivity contribution in [1.29, 1.82) is 0 Å². The molecule has 0 unspecified atom stereocenters. The molecule has 1 aromatic rings. The number of fused-ring (bicyclic) bond motifs is 1. The van der Waals surface area contributed by atoms with Gasteiger partial charge in [-0.1, -0.05) is 0 Å². The fourth-order valence-electron chi connectivity index (χ4n) is 1.09. The fourth-order valence-corrected chi connectivity index (χ4v) is 1.32. The predicted molar refractivity (Wildman–Crippen MR) is 50.5 cm³/mol. The van der Waals surface area contributed by atoms with Gasteiger partial charge in [-0.25, -0.2) is 0 Å². The van der Waals surface area contributed by atoms with Crippen molar-refractivity contribution in [3.05, 3.63) is 18.2 Å². The highest BCUT2D eigenvalue weighted by molar-refractivity contribution is 9.18. The number of hydrogen-bond acceptors (Lipinski definition) is 3. The average molecular weight is 244 g/mol. The van der Waals surface area contributed by atoms with Crippen LogP contribution in [-0.4, -0.2) is 11.6 Å². The Morgan fingerprint density at radius 1 is 1.38 bits per heavy atom. The number of hydrogen-bond donors (Lipinski definition) is 1. The first kappa shape index (κ1) is 8.37. The molecule has 4 nitrogen and oxygen atoms in total. The molecule has 1 aromatic carbocycles. The number of amides is 1. The first-order valence-electron chi connectivity index (χ1n) is 3.62. The van der Waals surface area contributed by atoms with E-state index in [1.54, 1.807) is 18.2 Å². The molecule has 0 atom stereocenters. The van der Waals surface area contributed by atoms with Crippen molar-refractivity contribution >= 4 is 26.4 Å². The lowest BCUT2D eigenvalue weighted by Gasteiger charge is -2.01. The first-order chi connectivity index (χ1) is 6.25. The molecule has 5 heteroatoms. The molecular formula is C8H6BrNO3. The monoisotopic (exact) mass is 243 g/mol. The van der Waals surface area contributed by atoms with E-state index in [9.17, 15) is 4.79 Å². The van der Waals surface area contributed by atoms with Gasteiger partial charge in [0.05, 0.1) is 0 Å². The third-order valence-corrected chi connectivity index (χ3v) is 1.81. The smallest absolute Gasteiger partial charge is 0.291 e. The van der Waals surface area contributed by atoms with Crippen molar-refractivity contribution in [3.8, 4) is 11.5 Å². The molecule has 0 bridgehead atoms. The summed E-state index contributed by atoms with van der Waals surface area (Å²) in [5.41, 5.74) is 0.672. The summed E-state index contributed by atoms with van der Waals surface area (Å²) in [6.45, 7) is 0.237. The number of nitrogens with one attached hydrogen (secondary N) is 1. The van der Waals surface area contributed by atoms with Crippen LogP contribution >= 0.6 is 15.9 Å². The van der Waals surface area contributed by atoms with E-state index in [-0.39, 0.29) is 11.6 Å². The molecule has 1 aliphatic rings. The lowest BCUT2D eigenvalue weighted by molar-refractivity contribution is 0.174. The molecule has 0 saturated carbocycles. The second-order valence-corrected chi connectivity index (χ2v) is 3.19. The van der Waals surface area contributed by atoms with Gasteiger partial charge >= 0.3 is 0 Å². The highest BCUT2D eigenvalue weighted by Crippen LogP contribution is 2.34. The van der Waals surface area contributed by atoms with E-state index in [2.05, 4.69) is 21.2 Å². The van der Waals surface area contributed by atoms with Crippen molar-refractivity contribution < 1.29 is 14.3 Å². The van der Waals surface area contributed by atoms with Gasteiger partial charge in [0.25, 0.3) is 4.82 Å². The molecule has 1 N–H and O–H groups in total. The third-order valence-electron chi connectivity index (χ3n) is 1.62. The second kappa shape index (κ2) is 3.26. The third kappa shape index (κ3) is 1.75. The molecule has 13 heavy (non-hydrogen) atoms. The lowest BCUT2D eigenvalue weighted by Crippen LogP contribution is -1.99. The molecule has 0 fully saturated rings. The molecule has 0 aromatic heterocycles. The number of carbonyl (C=O) groups excluding carboxylic acids is 1. The summed E-state index contributed by atoms with van der Waals surface area (Å²) >= 11 is 2.77. The molecule has 68 valence electrons. The summed E-state index contributed by atoms with van der Waals surface area (Å²) < 4.78 is 10.2. The summed E-state index contributed by atoms with van der Waals surface area (Å²) in [7, 11) is 0. The first-order valence-corrected chi connectivity index (χ1v) is 4.41. The number of carbonyl (C=O) groups is 1. The topological polar surface area (TPSA) is 47.6 Å². The van der Waals surface area contributed by atoms with Crippen molar-refractivity contribution in [2.24, 2.45) is 0 Å². The zero-order valence-electron chi connectivity index (χ0n) is 6.54. The zero-order valence-corrected chi connectivity index (χ0v) is 8.13. The van der Waals surface area contributed by atoms with Gasteiger partial charge < -0.3 is 14.8 Å². The lowest BCUT2D eigenvalue weighted by atomic mass is 10.3. The van der Waals surface area contributed by atoms with Crippen LogP contribution in [0, 0.1) is 0 Å². The number of rotatable bonds is 1. The molecule has 0 spiro atoms. The molecule has 1 aliphatic heterocycles. The molecule has 2 rings (SSSR count). The standard InChI is InChI=1S/C8H6BrNO3/c9-8(11)10-5-1-2-6-7(3-5)13-4-12-6/h1-3H,4H2,(H,10,11). The average Bonchev–Trinajstić information content (AvgIpc) is 2.49. The Morgan fingerprint density at radius 2 is 2.15 bits per heavy atom. The number of anilines is 1. The van der Waals surface area contributed by atoms with Gasteiger partial charge in [0.1, 0.15) is 0 Å². The Labute approximate surface area is 83.0 Å². The van der Waals surface area contributed by atoms with Crippen molar-refractivity contribution in [3.63, 3.8) is 0 Å². The minimum absolute atomic E-state index is 0.237. The SMILES string of the molecule is O=C(Br)Nc1ccc2c(c1)OCO2. The Bertz CT molecular complexity index is 353. The molecule has 1 heterocycles. The van der Waals surface area contributed by atoms with Crippen LogP contribution in [0.5, 0.6) is 11.5 Å². The van der Waals surface area contributed by atoms with Crippen molar-refractivity contribution in [2.75, 3.05) is 12.1 Å². The summed E-state index contributed by atoms with van der Waals surface area (Å²) in [6, 6.07) is 5.20. The van der Waals surface area contributed by atoms with Crippen molar-refractivity contribution in [1.82, 2.24) is 0 Å². The molecule has 0 saturated heterocycles. The van der Waals surface area contributed by atoms with Gasteiger partial charge in [-0.3, -0.25) is 4.79 Å². The zero-order chi connectivity index (χ0) is 9.26. The van der Waals surface area contributed by atoms with Gasteiger partial charge in [0, 0.05) is 27.7 Å². The summed E-state index contributed by atoms with van der Waals surface area (Å²) in [5, 5.41) is 2.58. The van der Waals surface area contributed by atoms with Crippen LogP contribution in [0.2, 0.25) is 0 Å². The minimum atomic E-state index is -0.286. The van der Waals surface area contributed by atoms with Crippen LogP contribution < -0.4 is 14.8 Å². The normalized spacial score (nSPS) is 12.7. The highest BCUT2D eigenvalue weighted by Gasteiger charge is 2.13. The molecule has 0 aliphatic carbocycles. The van der Waals surface area contributed by atoms with E-state index in [1.807, 2.05) is 0 Å². The Balaban J connectivity index is 2.25. The van der Waals surface area contributed by atoms with E-state index in [1.165, 1.54) is 0 Å². The van der Waals surface area contributed by atoms with Gasteiger partial charge in [0.15, 0.2) is 11.5 Å². The highest BCUT2D eigenvalue weighted by atomic mass is 79.9. The minimum Gasteiger partial charge on any atom is -0.454 e. The number of ether oxygens (including phenoxy) is 2. The Kier molecular flexibility index (Phi) is 2.10. The second-order valence-electron chi connectivity index (χ2n) is 2.47. The van der Waals surface area contributed by atoms with Gasteiger partial charge in [0.2, 0.25) is 6.79 Å². The van der Waals surface area contributed by atoms with Gasteiger partial charge in [-0.05, 0) is 12.1 Å². The van der Waals surface area contributed by atoms with E-state index in [4.69, 9.17) is 9.47 Å². The largest absolute Gasteiger partial charge is 0.454 e. The van der Waals surface area contributed by atoms with E-state index >= 15 is 0 Å². The van der Waals surface area contributed by atoms with Gasteiger partial charge in [-0.15, -0.1) is 0 Å².